The van der Waals surface area contributed by atoms with Crippen LogP contribution in [0.25, 0.3) is 0 Å². The van der Waals surface area contributed by atoms with E-state index in [1.807, 2.05) is 20.8 Å². The number of hydrogen-bond donors (Lipinski definition) is 0. The molecule has 0 aliphatic rings. The van der Waals surface area contributed by atoms with E-state index in [1.165, 1.54) is 0 Å². The van der Waals surface area contributed by atoms with Gasteiger partial charge < -0.3 is 4.18 Å². The molecule has 0 amide bonds. The molecule has 0 spiro atoms. The number of ketones is 1. The van der Waals surface area contributed by atoms with E-state index in [4.69, 9.17) is 4.18 Å². The second-order valence-corrected chi connectivity index (χ2v) is 5.58. The summed E-state index contributed by atoms with van der Waals surface area (Å²) in [7, 11) is 0. The first kappa shape index (κ1) is 13.8. The molecule has 92 valence electrons. The average Bonchev–Trinajstić information content (AvgIpc) is 2.27. The topological polar surface area (TPSA) is 43.4 Å². The van der Waals surface area contributed by atoms with Crippen molar-refractivity contribution in [2.24, 2.45) is 5.41 Å². The second-order valence-electron chi connectivity index (χ2n) is 4.89. The zero-order chi connectivity index (χ0) is 12.9. The van der Waals surface area contributed by atoms with Crippen LogP contribution in [0.4, 0.5) is 0 Å². The van der Waals surface area contributed by atoms with Crippen molar-refractivity contribution >= 4 is 23.8 Å². The third-order valence-corrected chi connectivity index (χ3v) is 3.10. The van der Waals surface area contributed by atoms with E-state index in [0.717, 1.165) is 12.0 Å². The minimum atomic E-state index is -0.814. The number of Topliss-reactive ketones (excluding diaryl/α,β-unsaturated/α-hetero) is 1. The molecule has 0 atom stereocenters. The summed E-state index contributed by atoms with van der Waals surface area (Å²) in [5.74, 6) is -0.765. The molecule has 1 aromatic rings. The zero-order valence-electron chi connectivity index (χ0n) is 10.2. The molecule has 4 heteroatoms. The first-order valence-electron chi connectivity index (χ1n) is 5.33. The van der Waals surface area contributed by atoms with Gasteiger partial charge in [-0.2, -0.15) is 0 Å². The summed E-state index contributed by atoms with van der Waals surface area (Å²) in [5.41, 5.74) is 0.412. The van der Waals surface area contributed by atoms with Gasteiger partial charge in [0.05, 0.1) is 12.0 Å². The van der Waals surface area contributed by atoms with Crippen LogP contribution in [0.1, 0.15) is 31.1 Å². The minimum absolute atomic E-state index is 0.0563. The highest BCUT2D eigenvalue weighted by Crippen LogP contribution is 2.21. The Kier molecular flexibility index (Phi) is 4.75. The number of rotatable bonds is 4. The number of hydrogen-bond acceptors (Lipinski definition) is 4. The Hall–Kier alpha value is -1.29. The van der Waals surface area contributed by atoms with Crippen molar-refractivity contribution < 1.29 is 13.8 Å². The number of carbonyl (C=O) groups excluding carboxylic acids is 2. The summed E-state index contributed by atoms with van der Waals surface area (Å²) in [6.07, 6.45) is 0. The quantitative estimate of drug-likeness (QED) is 0.469. The number of benzene rings is 1. The fourth-order valence-corrected chi connectivity index (χ4v) is 1.60. The van der Waals surface area contributed by atoms with Crippen LogP contribution in [0.3, 0.4) is 0 Å². The van der Waals surface area contributed by atoms with E-state index in [9.17, 15) is 9.59 Å². The first-order valence-corrected chi connectivity index (χ1v) is 6.24. The van der Waals surface area contributed by atoms with Crippen molar-refractivity contribution in [2.45, 2.75) is 20.8 Å². The maximum atomic E-state index is 11.6. The molecule has 0 bridgehead atoms. The van der Waals surface area contributed by atoms with Gasteiger partial charge in [0.1, 0.15) is 0 Å². The molecular formula is C13H16O3S. The maximum Gasteiger partial charge on any atom is 0.391 e. The Morgan fingerprint density at radius 1 is 1.18 bits per heavy atom. The van der Waals surface area contributed by atoms with Crippen molar-refractivity contribution in [2.75, 3.05) is 5.75 Å². The van der Waals surface area contributed by atoms with Gasteiger partial charge in [-0.05, 0) is 5.41 Å². The molecule has 0 aliphatic carbocycles. The molecule has 0 aliphatic heterocycles. The molecule has 0 N–H and O–H groups in total. The van der Waals surface area contributed by atoms with Crippen LogP contribution < -0.4 is 0 Å². The maximum absolute atomic E-state index is 11.6. The minimum Gasteiger partial charge on any atom is -0.385 e. The van der Waals surface area contributed by atoms with Crippen LogP contribution in [-0.2, 0) is 8.98 Å². The van der Waals surface area contributed by atoms with Gasteiger partial charge in [0.25, 0.3) is 5.78 Å². The third-order valence-electron chi connectivity index (χ3n) is 1.85. The van der Waals surface area contributed by atoms with E-state index in [2.05, 4.69) is 0 Å². The Bertz CT molecular complexity index is 393. The van der Waals surface area contributed by atoms with Gasteiger partial charge in [-0.3, -0.25) is 4.79 Å². The van der Waals surface area contributed by atoms with Crippen molar-refractivity contribution in [3.63, 3.8) is 0 Å². The van der Waals surface area contributed by atoms with Gasteiger partial charge in [-0.15, -0.1) is 0 Å². The molecular weight excluding hydrogens is 236 g/mol. The SMILES string of the molecule is CC(C)(C)CSOC(=O)C(=O)c1ccccc1. The molecule has 0 fully saturated rings. The molecule has 3 nitrogen and oxygen atoms in total. The first-order chi connectivity index (χ1) is 7.90. The van der Waals surface area contributed by atoms with Crippen molar-refractivity contribution in [3.8, 4) is 0 Å². The van der Waals surface area contributed by atoms with Crippen LogP contribution in [0.5, 0.6) is 0 Å². The summed E-state index contributed by atoms with van der Waals surface area (Å²) in [4.78, 5) is 23.0. The van der Waals surface area contributed by atoms with Crippen molar-refractivity contribution in [3.05, 3.63) is 35.9 Å². The molecule has 17 heavy (non-hydrogen) atoms. The van der Waals surface area contributed by atoms with Gasteiger partial charge >= 0.3 is 5.97 Å². The van der Waals surface area contributed by atoms with Crippen LogP contribution in [0.2, 0.25) is 0 Å². The van der Waals surface area contributed by atoms with Crippen LogP contribution in [0.15, 0.2) is 30.3 Å². The van der Waals surface area contributed by atoms with E-state index in [0.29, 0.717) is 11.3 Å². The van der Waals surface area contributed by atoms with Crippen molar-refractivity contribution in [1.82, 2.24) is 0 Å². The molecule has 0 unspecified atom stereocenters. The smallest absolute Gasteiger partial charge is 0.385 e. The van der Waals surface area contributed by atoms with Crippen LogP contribution in [-0.4, -0.2) is 17.5 Å². The monoisotopic (exact) mass is 252 g/mol. The molecule has 0 heterocycles. The summed E-state index contributed by atoms with van der Waals surface area (Å²) < 4.78 is 4.86. The van der Waals surface area contributed by atoms with Gasteiger partial charge in [-0.1, -0.05) is 51.1 Å². The lowest BCUT2D eigenvalue weighted by Crippen LogP contribution is -2.16. The lowest BCUT2D eigenvalue weighted by molar-refractivity contribution is -0.128. The van der Waals surface area contributed by atoms with E-state index >= 15 is 0 Å². The fraction of sp³-hybridized carbons (Fsp3) is 0.385. The largest absolute Gasteiger partial charge is 0.391 e. The molecule has 0 saturated carbocycles. The molecule has 0 aromatic heterocycles. The predicted octanol–water partition coefficient (Wildman–Crippen LogP) is 3.11. The molecule has 1 aromatic carbocycles. The molecule has 0 saturated heterocycles. The lowest BCUT2D eigenvalue weighted by Gasteiger charge is -2.15. The van der Waals surface area contributed by atoms with E-state index in [-0.39, 0.29) is 5.41 Å². The summed E-state index contributed by atoms with van der Waals surface area (Å²) in [5, 5.41) is 0. The highest BCUT2D eigenvalue weighted by Gasteiger charge is 2.19. The van der Waals surface area contributed by atoms with E-state index in [1.54, 1.807) is 30.3 Å². The standard InChI is InChI=1S/C13H16O3S/c1-13(2,3)9-17-16-12(15)11(14)10-7-5-4-6-8-10/h4-8H,9H2,1-3H3. The van der Waals surface area contributed by atoms with Gasteiger partial charge in [-0.25, -0.2) is 4.79 Å². The average molecular weight is 252 g/mol. The summed E-state index contributed by atoms with van der Waals surface area (Å²) >= 11 is 1.02. The second kappa shape index (κ2) is 5.87. The van der Waals surface area contributed by atoms with Gasteiger partial charge in [0.2, 0.25) is 0 Å². The predicted molar refractivity (Wildman–Crippen MR) is 68.8 cm³/mol. The Morgan fingerprint density at radius 3 is 2.29 bits per heavy atom. The van der Waals surface area contributed by atoms with Crippen LogP contribution >= 0.6 is 12.0 Å². The Balaban J connectivity index is 2.47. The zero-order valence-corrected chi connectivity index (χ0v) is 11.0. The third kappa shape index (κ3) is 5.04. The van der Waals surface area contributed by atoms with Gasteiger partial charge in [0, 0.05) is 11.3 Å². The fourth-order valence-electron chi connectivity index (χ4n) is 1.00. The van der Waals surface area contributed by atoms with Crippen LogP contribution in [0, 0.1) is 5.41 Å². The lowest BCUT2D eigenvalue weighted by atomic mass is 10.0. The Labute approximate surface area is 106 Å². The van der Waals surface area contributed by atoms with Gasteiger partial charge in [0.15, 0.2) is 0 Å². The normalized spacial score (nSPS) is 11.0. The highest BCUT2D eigenvalue weighted by atomic mass is 32.2. The molecule has 1 rings (SSSR count). The Morgan fingerprint density at radius 2 is 1.76 bits per heavy atom. The van der Waals surface area contributed by atoms with E-state index < -0.39 is 11.8 Å². The van der Waals surface area contributed by atoms with Crippen molar-refractivity contribution in [1.29, 1.82) is 0 Å². The molecule has 0 radical (unpaired) electrons. The number of carbonyl (C=O) groups is 2. The summed E-state index contributed by atoms with van der Waals surface area (Å²) in [6.45, 7) is 6.10. The highest BCUT2D eigenvalue weighted by molar-refractivity contribution is 7.95. The summed E-state index contributed by atoms with van der Waals surface area (Å²) in [6, 6.07) is 8.40.